The zero-order valence-electron chi connectivity index (χ0n) is 21.7. The Morgan fingerprint density at radius 3 is 2.12 bits per heavy atom. The van der Waals surface area contributed by atoms with E-state index in [-0.39, 0.29) is 0 Å². The van der Waals surface area contributed by atoms with Crippen LogP contribution in [0.4, 0.5) is 10.5 Å². The van der Waals surface area contributed by atoms with E-state index in [1.165, 1.54) is 0 Å². The SMILES string of the molecule is CC(OC(=O)Nc1c(-c2ccc(-c3ccc(C4(C(=O)O)CC4)cc3)cc2)oc2ccccc12)c1ccccc1Cl. The molecule has 0 saturated heterocycles. The number of rotatable bonds is 7. The number of aliphatic carboxylic acids is 1. The Hall–Kier alpha value is -4.55. The molecular weight excluding hydrogens is 526 g/mol. The predicted octanol–water partition coefficient (Wildman–Crippen LogP) is 8.85. The number of amides is 1. The smallest absolute Gasteiger partial charge is 0.412 e. The fraction of sp³-hybridized carbons (Fsp3) is 0.152. The third-order valence-corrected chi connectivity index (χ3v) is 7.87. The zero-order valence-corrected chi connectivity index (χ0v) is 22.4. The third-order valence-electron chi connectivity index (χ3n) is 7.53. The van der Waals surface area contributed by atoms with Crippen LogP contribution in [0.15, 0.2) is 101 Å². The van der Waals surface area contributed by atoms with Crippen molar-refractivity contribution in [1.29, 1.82) is 0 Å². The van der Waals surface area contributed by atoms with Gasteiger partial charge in [0.2, 0.25) is 0 Å². The van der Waals surface area contributed by atoms with Crippen molar-refractivity contribution in [3.05, 3.63) is 113 Å². The fourth-order valence-electron chi connectivity index (χ4n) is 5.08. The van der Waals surface area contributed by atoms with Crippen molar-refractivity contribution in [2.24, 2.45) is 0 Å². The molecule has 0 bridgehead atoms. The number of furan rings is 1. The van der Waals surface area contributed by atoms with Crippen LogP contribution in [-0.4, -0.2) is 17.2 Å². The summed E-state index contributed by atoms with van der Waals surface area (Å²) in [5.74, 6) is -0.246. The Labute approximate surface area is 236 Å². The topological polar surface area (TPSA) is 88.8 Å². The van der Waals surface area contributed by atoms with Crippen LogP contribution >= 0.6 is 11.6 Å². The number of carbonyl (C=O) groups excluding carboxylic acids is 1. The second-order valence-electron chi connectivity index (χ2n) is 10.0. The number of hydrogen-bond acceptors (Lipinski definition) is 4. The molecule has 200 valence electrons. The van der Waals surface area contributed by atoms with Gasteiger partial charge in [-0.2, -0.15) is 0 Å². The minimum Gasteiger partial charge on any atom is -0.481 e. The van der Waals surface area contributed by atoms with E-state index in [2.05, 4.69) is 5.32 Å². The molecule has 6 rings (SSSR count). The molecule has 40 heavy (non-hydrogen) atoms. The first-order valence-electron chi connectivity index (χ1n) is 13.0. The van der Waals surface area contributed by atoms with Gasteiger partial charge in [0.25, 0.3) is 0 Å². The first-order valence-corrected chi connectivity index (χ1v) is 13.4. The first kappa shape index (κ1) is 25.7. The Balaban J connectivity index is 1.25. The third kappa shape index (κ3) is 4.71. The van der Waals surface area contributed by atoms with Crippen molar-refractivity contribution in [1.82, 2.24) is 0 Å². The molecule has 1 amide bonds. The van der Waals surface area contributed by atoms with E-state index >= 15 is 0 Å². The second-order valence-corrected chi connectivity index (χ2v) is 10.4. The highest BCUT2D eigenvalue weighted by molar-refractivity contribution is 6.31. The minimum atomic E-state index is -0.762. The number of carboxylic acids is 1. The summed E-state index contributed by atoms with van der Waals surface area (Å²) in [6.45, 7) is 1.77. The highest BCUT2D eigenvalue weighted by Crippen LogP contribution is 2.48. The van der Waals surface area contributed by atoms with E-state index in [4.69, 9.17) is 20.8 Å². The summed E-state index contributed by atoms with van der Waals surface area (Å²) in [5, 5.41) is 13.7. The van der Waals surface area contributed by atoms with Crippen LogP contribution in [0.2, 0.25) is 5.02 Å². The summed E-state index contributed by atoms with van der Waals surface area (Å²) in [5.41, 5.74) is 4.75. The Bertz CT molecular complexity index is 1720. The van der Waals surface area contributed by atoms with E-state index < -0.39 is 23.6 Å². The van der Waals surface area contributed by atoms with E-state index in [1.807, 2.05) is 91.0 Å². The maximum Gasteiger partial charge on any atom is 0.412 e. The van der Waals surface area contributed by atoms with Crippen LogP contribution in [0.25, 0.3) is 33.4 Å². The Kier molecular flexibility index (Phi) is 6.56. The molecule has 6 nitrogen and oxygen atoms in total. The van der Waals surface area contributed by atoms with Crippen molar-refractivity contribution in [3.63, 3.8) is 0 Å². The van der Waals surface area contributed by atoms with Gasteiger partial charge in [0.05, 0.1) is 11.1 Å². The van der Waals surface area contributed by atoms with E-state index in [0.717, 1.165) is 33.2 Å². The van der Waals surface area contributed by atoms with E-state index in [1.54, 1.807) is 13.0 Å². The van der Waals surface area contributed by atoms with Crippen LogP contribution < -0.4 is 5.32 Å². The van der Waals surface area contributed by atoms with Crippen LogP contribution in [0.5, 0.6) is 0 Å². The molecule has 1 saturated carbocycles. The highest BCUT2D eigenvalue weighted by Gasteiger charge is 2.51. The molecule has 0 radical (unpaired) electrons. The van der Waals surface area contributed by atoms with Crippen LogP contribution in [0, 0.1) is 0 Å². The number of halogens is 1. The molecule has 1 aliphatic carbocycles. The normalized spacial score (nSPS) is 14.4. The molecule has 1 aromatic heterocycles. The van der Waals surface area contributed by atoms with Gasteiger partial charge in [-0.15, -0.1) is 0 Å². The molecule has 5 aromatic rings. The van der Waals surface area contributed by atoms with Crippen LogP contribution in [0.3, 0.4) is 0 Å². The number of benzene rings is 4. The Morgan fingerprint density at radius 2 is 1.48 bits per heavy atom. The molecule has 1 heterocycles. The molecule has 0 spiro atoms. The van der Waals surface area contributed by atoms with Gasteiger partial charge in [0, 0.05) is 21.5 Å². The summed E-state index contributed by atoms with van der Waals surface area (Å²) < 4.78 is 11.8. The summed E-state index contributed by atoms with van der Waals surface area (Å²) in [4.78, 5) is 24.6. The van der Waals surface area contributed by atoms with Gasteiger partial charge in [-0.25, -0.2) is 4.79 Å². The summed E-state index contributed by atoms with van der Waals surface area (Å²) in [7, 11) is 0. The lowest BCUT2D eigenvalue weighted by atomic mass is 9.93. The molecule has 1 aliphatic rings. The summed E-state index contributed by atoms with van der Waals surface area (Å²) >= 11 is 6.28. The molecule has 2 N–H and O–H groups in total. The lowest BCUT2D eigenvalue weighted by Gasteiger charge is -2.15. The van der Waals surface area contributed by atoms with Gasteiger partial charge in [-0.1, -0.05) is 90.5 Å². The lowest BCUT2D eigenvalue weighted by molar-refractivity contribution is -0.140. The molecule has 0 aliphatic heterocycles. The van der Waals surface area contributed by atoms with Crippen LogP contribution in [-0.2, 0) is 14.9 Å². The van der Waals surface area contributed by atoms with Crippen molar-refractivity contribution >= 4 is 40.3 Å². The average molecular weight is 552 g/mol. The van der Waals surface area contributed by atoms with Gasteiger partial charge in [0.1, 0.15) is 11.7 Å². The molecule has 1 unspecified atom stereocenters. The molecular formula is C33H26ClNO5. The number of nitrogens with one attached hydrogen (secondary N) is 1. The monoisotopic (exact) mass is 551 g/mol. The zero-order chi connectivity index (χ0) is 27.9. The van der Waals surface area contributed by atoms with Crippen molar-refractivity contribution < 1.29 is 23.8 Å². The minimum absolute atomic E-state index is 0.516. The van der Waals surface area contributed by atoms with Crippen molar-refractivity contribution in [2.45, 2.75) is 31.3 Å². The number of carbonyl (C=O) groups is 2. The van der Waals surface area contributed by atoms with Gasteiger partial charge >= 0.3 is 12.1 Å². The standard InChI is InChI=1S/C33H26ClNO5/c1-20(25-6-2-4-8-27(25)34)39-32(38)35-29-26-7-3-5-9-28(26)40-30(29)23-12-10-21(11-13-23)22-14-16-24(17-15-22)33(18-19-33)31(36)37/h2-17,20H,18-19H2,1H3,(H,35,38)(H,36,37). The van der Waals surface area contributed by atoms with E-state index in [9.17, 15) is 14.7 Å². The highest BCUT2D eigenvalue weighted by atomic mass is 35.5. The fourth-order valence-corrected chi connectivity index (χ4v) is 5.37. The van der Waals surface area contributed by atoms with E-state index in [0.29, 0.717) is 34.9 Å². The first-order chi connectivity index (χ1) is 19.4. The lowest BCUT2D eigenvalue weighted by Crippen LogP contribution is -2.19. The number of carboxylic acid groups (broad SMARTS) is 1. The second kappa shape index (κ2) is 10.2. The van der Waals surface area contributed by atoms with Gasteiger partial charge in [-0.05, 0) is 54.7 Å². The summed E-state index contributed by atoms with van der Waals surface area (Å²) in [6.07, 6.45) is 0.186. The van der Waals surface area contributed by atoms with Crippen molar-refractivity contribution in [2.75, 3.05) is 5.32 Å². The quantitative estimate of drug-likeness (QED) is 0.211. The molecule has 4 aromatic carbocycles. The molecule has 1 atom stereocenters. The molecule has 1 fully saturated rings. The van der Waals surface area contributed by atoms with Gasteiger partial charge < -0.3 is 14.3 Å². The number of hydrogen-bond donors (Lipinski definition) is 2. The molecule has 7 heteroatoms. The maximum atomic E-state index is 13.0. The van der Waals surface area contributed by atoms with Gasteiger partial charge in [-0.3, -0.25) is 10.1 Å². The number of para-hydroxylation sites is 1. The average Bonchev–Trinajstić information content (AvgIpc) is 3.71. The van der Waals surface area contributed by atoms with Gasteiger partial charge in [0.15, 0.2) is 5.76 Å². The number of fused-ring (bicyclic) bond motifs is 1. The number of ether oxygens (including phenoxy) is 1. The largest absolute Gasteiger partial charge is 0.481 e. The van der Waals surface area contributed by atoms with Crippen LogP contribution in [0.1, 0.15) is 37.0 Å². The maximum absolute atomic E-state index is 13.0. The van der Waals surface area contributed by atoms with Crippen molar-refractivity contribution in [3.8, 4) is 22.5 Å². The number of anilines is 1. The predicted molar refractivity (Wildman–Crippen MR) is 156 cm³/mol. The summed E-state index contributed by atoms with van der Waals surface area (Å²) in [6, 6.07) is 30.3. The Morgan fingerprint density at radius 1 is 0.875 bits per heavy atom.